The summed E-state index contributed by atoms with van der Waals surface area (Å²) in [5, 5.41) is 10.8. The standard InChI is InChI=1S/C27H23FN4O/c1-3-23(12-6-18(2)15-19-7-10-22(28)11-8-19)30-27(33)26-24-16-20(9-13-25(24)31-32-26)21-5-4-14-29-17-21/h3-14,16-17H,2,15H2,1H3,(H,30,33)(H,31,32)/b12-6-,23-3+. The van der Waals surface area contributed by atoms with Crippen LogP contribution in [0.15, 0.2) is 103 Å². The van der Waals surface area contributed by atoms with Gasteiger partial charge in [0.25, 0.3) is 5.91 Å². The summed E-state index contributed by atoms with van der Waals surface area (Å²) >= 11 is 0. The SMILES string of the molecule is C=C(/C=C\C(=C/C)NC(=O)c1n[nH]c2ccc(-c3cccnc3)cc12)Cc1ccc(F)cc1. The van der Waals surface area contributed by atoms with Gasteiger partial charge in [0, 0.05) is 29.0 Å². The Morgan fingerprint density at radius 3 is 2.67 bits per heavy atom. The second-order valence-electron chi connectivity index (χ2n) is 7.57. The molecule has 0 saturated heterocycles. The number of rotatable bonds is 7. The zero-order chi connectivity index (χ0) is 23.2. The number of fused-ring (bicyclic) bond motifs is 1. The number of H-pyrrole nitrogens is 1. The number of nitrogens with zero attached hydrogens (tertiary/aromatic N) is 2. The number of halogens is 1. The van der Waals surface area contributed by atoms with Crippen LogP contribution < -0.4 is 5.32 Å². The summed E-state index contributed by atoms with van der Waals surface area (Å²) in [5.74, 6) is -0.580. The van der Waals surface area contributed by atoms with Crippen molar-refractivity contribution in [2.75, 3.05) is 0 Å². The van der Waals surface area contributed by atoms with Gasteiger partial charge < -0.3 is 5.32 Å². The van der Waals surface area contributed by atoms with Crippen LogP contribution in [0.1, 0.15) is 23.0 Å². The highest BCUT2D eigenvalue weighted by atomic mass is 19.1. The lowest BCUT2D eigenvalue weighted by Crippen LogP contribution is -2.22. The lowest BCUT2D eigenvalue weighted by atomic mass is 10.0. The fraction of sp³-hybridized carbons (Fsp3) is 0.0741. The van der Waals surface area contributed by atoms with Gasteiger partial charge in [-0.2, -0.15) is 5.10 Å². The van der Waals surface area contributed by atoms with Crippen molar-refractivity contribution in [3.63, 3.8) is 0 Å². The number of aromatic nitrogens is 3. The first-order chi connectivity index (χ1) is 16.0. The van der Waals surface area contributed by atoms with Crippen LogP contribution in [-0.2, 0) is 6.42 Å². The van der Waals surface area contributed by atoms with Crippen molar-refractivity contribution in [3.8, 4) is 11.1 Å². The van der Waals surface area contributed by atoms with Gasteiger partial charge in [-0.1, -0.05) is 48.6 Å². The van der Waals surface area contributed by atoms with Crippen LogP contribution in [0.3, 0.4) is 0 Å². The topological polar surface area (TPSA) is 70.7 Å². The Morgan fingerprint density at radius 2 is 1.94 bits per heavy atom. The van der Waals surface area contributed by atoms with Gasteiger partial charge in [0.05, 0.1) is 5.52 Å². The summed E-state index contributed by atoms with van der Waals surface area (Å²) in [6.45, 7) is 5.88. The van der Waals surface area contributed by atoms with Gasteiger partial charge in [-0.15, -0.1) is 0 Å². The molecule has 0 aliphatic carbocycles. The van der Waals surface area contributed by atoms with Crippen LogP contribution in [0.4, 0.5) is 4.39 Å². The van der Waals surface area contributed by atoms with E-state index in [9.17, 15) is 9.18 Å². The second-order valence-corrected chi connectivity index (χ2v) is 7.57. The van der Waals surface area contributed by atoms with Crippen molar-refractivity contribution in [3.05, 3.63) is 120 Å². The Labute approximate surface area is 191 Å². The Balaban J connectivity index is 1.47. The number of allylic oxidation sites excluding steroid dienone is 4. The van der Waals surface area contributed by atoms with Crippen molar-refractivity contribution in [1.82, 2.24) is 20.5 Å². The lowest BCUT2D eigenvalue weighted by molar-refractivity contribution is 0.0963. The van der Waals surface area contributed by atoms with Crippen LogP contribution in [0, 0.1) is 5.82 Å². The molecule has 0 atom stereocenters. The molecule has 5 nitrogen and oxygen atoms in total. The average molecular weight is 439 g/mol. The molecule has 164 valence electrons. The van der Waals surface area contributed by atoms with Gasteiger partial charge >= 0.3 is 0 Å². The zero-order valence-electron chi connectivity index (χ0n) is 18.2. The minimum atomic E-state index is -0.313. The molecule has 2 heterocycles. The van der Waals surface area contributed by atoms with Crippen molar-refractivity contribution < 1.29 is 9.18 Å². The summed E-state index contributed by atoms with van der Waals surface area (Å²) in [6, 6.07) is 16.0. The molecule has 2 aromatic heterocycles. The predicted molar refractivity (Wildman–Crippen MR) is 129 cm³/mol. The van der Waals surface area contributed by atoms with Crippen molar-refractivity contribution in [2.24, 2.45) is 0 Å². The van der Waals surface area contributed by atoms with Gasteiger partial charge in [0.1, 0.15) is 5.82 Å². The van der Waals surface area contributed by atoms with E-state index >= 15 is 0 Å². The third-order valence-corrected chi connectivity index (χ3v) is 5.18. The maximum absolute atomic E-state index is 13.1. The zero-order valence-corrected chi connectivity index (χ0v) is 18.2. The molecule has 0 unspecified atom stereocenters. The summed E-state index contributed by atoms with van der Waals surface area (Å²) in [7, 11) is 0. The van der Waals surface area contributed by atoms with Gasteiger partial charge in [0.15, 0.2) is 5.69 Å². The summed E-state index contributed by atoms with van der Waals surface area (Å²) in [4.78, 5) is 17.1. The Hall–Kier alpha value is -4.32. The first-order valence-electron chi connectivity index (χ1n) is 10.5. The van der Waals surface area contributed by atoms with Gasteiger partial charge in [-0.3, -0.25) is 14.9 Å². The first-order valence-corrected chi connectivity index (χ1v) is 10.5. The van der Waals surface area contributed by atoms with Crippen LogP contribution in [0.25, 0.3) is 22.0 Å². The van der Waals surface area contributed by atoms with E-state index in [1.165, 1.54) is 12.1 Å². The largest absolute Gasteiger partial charge is 0.321 e. The molecular weight excluding hydrogens is 415 g/mol. The minimum Gasteiger partial charge on any atom is -0.321 e. The molecule has 1 amide bonds. The fourth-order valence-corrected chi connectivity index (χ4v) is 3.43. The number of carbonyl (C=O) groups is 1. The van der Waals surface area contributed by atoms with Crippen LogP contribution in [-0.4, -0.2) is 21.1 Å². The molecule has 0 radical (unpaired) electrons. The monoisotopic (exact) mass is 438 g/mol. The molecule has 2 N–H and O–H groups in total. The highest BCUT2D eigenvalue weighted by Crippen LogP contribution is 2.25. The number of nitrogens with one attached hydrogen (secondary N) is 2. The van der Waals surface area contributed by atoms with E-state index in [-0.39, 0.29) is 11.7 Å². The molecule has 0 spiro atoms. The fourth-order valence-electron chi connectivity index (χ4n) is 3.43. The highest BCUT2D eigenvalue weighted by molar-refractivity contribution is 6.06. The molecule has 6 heteroatoms. The Kier molecular flexibility index (Phi) is 6.55. The molecule has 4 rings (SSSR count). The maximum atomic E-state index is 13.1. The lowest BCUT2D eigenvalue weighted by Gasteiger charge is -2.06. The second kappa shape index (κ2) is 9.87. The van der Waals surface area contributed by atoms with Crippen LogP contribution in [0.2, 0.25) is 0 Å². The summed E-state index contributed by atoms with van der Waals surface area (Å²) in [6.07, 6.45) is 9.52. The van der Waals surface area contributed by atoms with Gasteiger partial charge in [0.2, 0.25) is 0 Å². The molecule has 4 aromatic rings. The van der Waals surface area contributed by atoms with E-state index in [0.717, 1.165) is 33.2 Å². The predicted octanol–water partition coefficient (Wildman–Crippen LogP) is 5.75. The molecule has 2 aromatic carbocycles. The highest BCUT2D eigenvalue weighted by Gasteiger charge is 2.15. The number of amides is 1. The van der Waals surface area contributed by atoms with E-state index in [4.69, 9.17) is 0 Å². The number of pyridine rings is 1. The Bertz CT molecular complexity index is 1350. The molecule has 0 saturated carbocycles. The smallest absolute Gasteiger partial charge is 0.276 e. The van der Waals surface area contributed by atoms with E-state index in [2.05, 4.69) is 27.1 Å². The minimum absolute atomic E-state index is 0.266. The average Bonchev–Trinajstić information content (AvgIpc) is 3.27. The molecule has 0 fully saturated rings. The number of carbonyl (C=O) groups excluding carboxylic acids is 1. The maximum Gasteiger partial charge on any atom is 0.276 e. The number of hydrogen-bond donors (Lipinski definition) is 2. The quantitative estimate of drug-likeness (QED) is 0.361. The van der Waals surface area contributed by atoms with Crippen molar-refractivity contribution in [1.29, 1.82) is 0 Å². The molecule has 0 aliphatic rings. The number of hydrogen-bond acceptors (Lipinski definition) is 3. The summed E-state index contributed by atoms with van der Waals surface area (Å²) in [5.41, 5.74) is 5.43. The Morgan fingerprint density at radius 1 is 1.12 bits per heavy atom. The van der Waals surface area contributed by atoms with Gasteiger partial charge in [-0.05, 0) is 60.9 Å². The van der Waals surface area contributed by atoms with Crippen molar-refractivity contribution >= 4 is 16.8 Å². The first kappa shape index (κ1) is 21.9. The van der Waals surface area contributed by atoms with Gasteiger partial charge in [-0.25, -0.2) is 4.39 Å². The van der Waals surface area contributed by atoms with Crippen molar-refractivity contribution in [2.45, 2.75) is 13.3 Å². The normalized spacial score (nSPS) is 11.8. The number of aromatic amines is 1. The van der Waals surface area contributed by atoms with Crippen LogP contribution >= 0.6 is 0 Å². The van der Waals surface area contributed by atoms with E-state index in [1.807, 2.05) is 43.3 Å². The van der Waals surface area contributed by atoms with E-state index < -0.39 is 0 Å². The third-order valence-electron chi connectivity index (χ3n) is 5.18. The van der Waals surface area contributed by atoms with Crippen LogP contribution in [0.5, 0.6) is 0 Å². The molecular formula is C27H23FN4O. The number of benzene rings is 2. The van der Waals surface area contributed by atoms with E-state index in [1.54, 1.807) is 36.7 Å². The summed E-state index contributed by atoms with van der Waals surface area (Å²) < 4.78 is 13.1. The third kappa shape index (κ3) is 5.30. The molecule has 0 bridgehead atoms. The molecule has 33 heavy (non-hydrogen) atoms. The van der Waals surface area contributed by atoms with E-state index in [0.29, 0.717) is 17.8 Å². The molecule has 0 aliphatic heterocycles.